The van der Waals surface area contributed by atoms with Gasteiger partial charge in [-0.15, -0.1) is 0 Å². The molecule has 0 N–H and O–H groups in total. The minimum Gasteiger partial charge on any atom is -0.490 e. The summed E-state index contributed by atoms with van der Waals surface area (Å²) in [5.41, 5.74) is 0.228. The minimum absolute atomic E-state index is 0.0506. The van der Waals surface area contributed by atoms with Gasteiger partial charge >= 0.3 is 0 Å². The van der Waals surface area contributed by atoms with E-state index in [2.05, 4.69) is 20.9 Å². The van der Waals surface area contributed by atoms with Crippen LogP contribution in [0.1, 0.15) is 5.69 Å². The Kier molecular flexibility index (Phi) is 6.76. The predicted molar refractivity (Wildman–Crippen MR) is 87.8 cm³/mol. The van der Waals surface area contributed by atoms with Gasteiger partial charge in [-0.3, -0.25) is 4.98 Å². The summed E-state index contributed by atoms with van der Waals surface area (Å²) in [6, 6.07) is 8.64. The Hall–Kier alpha value is -1.70. The van der Waals surface area contributed by atoms with Crippen LogP contribution in [0.25, 0.3) is 0 Å². The van der Waals surface area contributed by atoms with Gasteiger partial charge in [0.25, 0.3) is 0 Å². The summed E-state index contributed by atoms with van der Waals surface area (Å²) in [5.74, 6) is 0.555. The molecule has 0 spiro atoms. The number of hydroxylamine groups is 2. The minimum atomic E-state index is -0.461. The van der Waals surface area contributed by atoms with E-state index in [0.717, 1.165) is 4.47 Å². The third-order valence-electron chi connectivity index (χ3n) is 3.05. The first-order valence-corrected chi connectivity index (χ1v) is 7.78. The lowest BCUT2D eigenvalue weighted by atomic mass is 10.3. The Morgan fingerprint density at radius 1 is 1.22 bits per heavy atom. The second kappa shape index (κ2) is 8.81. The van der Waals surface area contributed by atoms with E-state index in [1.165, 1.54) is 12.3 Å². The number of likely N-dealkylation sites (N-methyl/N-ethyl adjacent to an activating group) is 1. The Morgan fingerprint density at radius 3 is 2.74 bits per heavy atom. The Balaban J connectivity index is 1.89. The van der Waals surface area contributed by atoms with Crippen LogP contribution in [-0.4, -0.2) is 37.4 Å². The predicted octanol–water partition coefficient (Wildman–Crippen LogP) is 3.43. The second-order valence-electron chi connectivity index (χ2n) is 4.73. The number of rotatable bonds is 8. The van der Waals surface area contributed by atoms with Crippen molar-refractivity contribution in [3.63, 3.8) is 0 Å². The summed E-state index contributed by atoms with van der Waals surface area (Å²) in [5, 5.41) is 1.62. The van der Waals surface area contributed by atoms with E-state index < -0.39 is 5.82 Å². The molecule has 7 heteroatoms. The number of pyridine rings is 1. The molecule has 124 valence electrons. The lowest BCUT2D eigenvalue weighted by Gasteiger charge is -2.14. The van der Waals surface area contributed by atoms with E-state index in [4.69, 9.17) is 14.3 Å². The second-order valence-corrected chi connectivity index (χ2v) is 5.64. The van der Waals surface area contributed by atoms with E-state index in [1.807, 2.05) is 18.2 Å². The van der Waals surface area contributed by atoms with Crippen LogP contribution in [0.5, 0.6) is 11.5 Å². The first-order chi connectivity index (χ1) is 11.1. The van der Waals surface area contributed by atoms with Crippen molar-refractivity contribution in [1.29, 1.82) is 0 Å². The molecule has 0 aliphatic heterocycles. The van der Waals surface area contributed by atoms with Gasteiger partial charge in [-0.05, 0) is 18.2 Å². The van der Waals surface area contributed by atoms with E-state index in [1.54, 1.807) is 25.3 Å². The molecule has 0 unspecified atom stereocenters. The summed E-state index contributed by atoms with van der Waals surface area (Å²) in [6.45, 7) is 0.986. The van der Waals surface area contributed by atoms with Crippen LogP contribution in [0.2, 0.25) is 0 Å². The van der Waals surface area contributed by atoms with Gasteiger partial charge in [0.2, 0.25) is 0 Å². The number of nitrogens with zero attached hydrogens (tertiary/aromatic N) is 2. The van der Waals surface area contributed by atoms with E-state index in [9.17, 15) is 4.39 Å². The van der Waals surface area contributed by atoms with Crippen molar-refractivity contribution in [3.05, 3.63) is 52.5 Å². The number of halogens is 2. The fraction of sp³-hybridized carbons (Fsp3) is 0.312. The number of benzene rings is 1. The first kappa shape index (κ1) is 17.7. The van der Waals surface area contributed by atoms with Gasteiger partial charge in [-0.1, -0.05) is 22.0 Å². The van der Waals surface area contributed by atoms with Gasteiger partial charge in [-0.25, -0.2) is 4.39 Å². The lowest BCUT2D eigenvalue weighted by molar-refractivity contribution is -0.113. The summed E-state index contributed by atoms with van der Waals surface area (Å²) in [6.07, 6.45) is 1.48. The zero-order chi connectivity index (χ0) is 16.7. The topological polar surface area (TPSA) is 43.8 Å². The van der Waals surface area contributed by atoms with Crippen LogP contribution in [-0.2, 0) is 11.4 Å². The van der Waals surface area contributed by atoms with Gasteiger partial charge in [0.15, 0.2) is 5.82 Å². The van der Waals surface area contributed by atoms with Crippen molar-refractivity contribution in [1.82, 2.24) is 10.0 Å². The van der Waals surface area contributed by atoms with Crippen molar-refractivity contribution in [2.24, 2.45) is 0 Å². The van der Waals surface area contributed by atoms with E-state index in [0.29, 0.717) is 24.7 Å². The monoisotopic (exact) mass is 384 g/mol. The molecule has 2 rings (SSSR count). The highest BCUT2D eigenvalue weighted by Crippen LogP contribution is 2.20. The van der Waals surface area contributed by atoms with Crippen LogP contribution in [0.15, 0.2) is 41.0 Å². The Bertz CT molecular complexity index is 642. The number of ether oxygens (including phenoxy) is 2. The normalized spacial score (nSPS) is 10.8. The molecular weight excluding hydrogens is 367 g/mol. The molecule has 2 aromatic rings. The molecule has 1 aromatic heterocycles. The summed E-state index contributed by atoms with van der Waals surface area (Å²) in [7, 11) is 3.35. The van der Waals surface area contributed by atoms with Crippen molar-refractivity contribution >= 4 is 15.9 Å². The zero-order valence-corrected chi connectivity index (χ0v) is 14.5. The number of aromatic nitrogens is 1. The fourth-order valence-corrected chi connectivity index (χ4v) is 2.10. The number of hydrogen-bond acceptors (Lipinski definition) is 5. The van der Waals surface area contributed by atoms with Gasteiger partial charge in [0, 0.05) is 17.6 Å². The van der Waals surface area contributed by atoms with Crippen molar-refractivity contribution in [2.45, 2.75) is 6.61 Å². The molecule has 1 heterocycles. The van der Waals surface area contributed by atoms with Crippen LogP contribution in [0.3, 0.4) is 0 Å². The third-order valence-corrected chi connectivity index (χ3v) is 3.54. The molecule has 0 amide bonds. The van der Waals surface area contributed by atoms with E-state index in [-0.39, 0.29) is 12.3 Å². The Labute approximate surface area is 143 Å². The highest BCUT2D eigenvalue weighted by molar-refractivity contribution is 9.10. The van der Waals surface area contributed by atoms with Gasteiger partial charge in [-0.2, -0.15) is 5.06 Å². The standard InChI is InChI=1S/C16H18BrFN2O3/c1-20(21-2)6-7-22-14-9-15(18)16(19-10-14)11-23-13-5-3-4-12(17)8-13/h3-5,8-10H,6-7,11H2,1-2H3. The molecule has 23 heavy (non-hydrogen) atoms. The molecule has 0 radical (unpaired) electrons. The quantitative estimate of drug-likeness (QED) is 0.652. The summed E-state index contributed by atoms with van der Waals surface area (Å²) in [4.78, 5) is 9.01. The largest absolute Gasteiger partial charge is 0.490 e. The molecule has 1 aromatic carbocycles. The zero-order valence-electron chi connectivity index (χ0n) is 13.0. The highest BCUT2D eigenvalue weighted by Gasteiger charge is 2.08. The highest BCUT2D eigenvalue weighted by atomic mass is 79.9. The van der Waals surface area contributed by atoms with Gasteiger partial charge in [0.05, 0.1) is 19.9 Å². The number of hydrogen-bond donors (Lipinski definition) is 0. The third kappa shape index (κ3) is 5.78. The molecular formula is C16H18BrFN2O3. The Morgan fingerprint density at radius 2 is 2.04 bits per heavy atom. The van der Waals surface area contributed by atoms with Crippen molar-refractivity contribution in [2.75, 3.05) is 27.3 Å². The SMILES string of the molecule is CON(C)CCOc1cnc(COc2cccc(Br)c2)c(F)c1. The molecule has 0 saturated heterocycles. The molecule has 0 atom stereocenters. The van der Waals surface area contributed by atoms with Gasteiger partial charge < -0.3 is 14.3 Å². The summed E-state index contributed by atoms with van der Waals surface area (Å²) < 4.78 is 25.9. The van der Waals surface area contributed by atoms with Crippen molar-refractivity contribution < 1.29 is 18.7 Å². The average Bonchev–Trinajstić information content (AvgIpc) is 2.54. The average molecular weight is 385 g/mol. The molecule has 0 fully saturated rings. The summed E-state index contributed by atoms with van der Waals surface area (Å²) >= 11 is 3.35. The fourth-order valence-electron chi connectivity index (χ4n) is 1.73. The lowest BCUT2D eigenvalue weighted by Crippen LogP contribution is -2.23. The maximum absolute atomic E-state index is 14.0. The van der Waals surface area contributed by atoms with Crippen LogP contribution < -0.4 is 9.47 Å². The molecule has 0 saturated carbocycles. The van der Waals surface area contributed by atoms with Crippen LogP contribution in [0.4, 0.5) is 4.39 Å². The molecule has 0 bridgehead atoms. The van der Waals surface area contributed by atoms with Crippen LogP contribution >= 0.6 is 15.9 Å². The van der Waals surface area contributed by atoms with E-state index >= 15 is 0 Å². The molecule has 0 aliphatic carbocycles. The van der Waals surface area contributed by atoms with Gasteiger partial charge in [0.1, 0.15) is 30.4 Å². The smallest absolute Gasteiger partial charge is 0.151 e. The van der Waals surface area contributed by atoms with Crippen LogP contribution in [0, 0.1) is 5.82 Å². The molecule has 5 nitrogen and oxygen atoms in total. The molecule has 0 aliphatic rings. The van der Waals surface area contributed by atoms with Crippen molar-refractivity contribution in [3.8, 4) is 11.5 Å². The first-order valence-electron chi connectivity index (χ1n) is 6.99. The maximum atomic E-state index is 14.0. The maximum Gasteiger partial charge on any atom is 0.151 e.